The van der Waals surface area contributed by atoms with Crippen LogP contribution in [-0.2, 0) is 4.79 Å². The van der Waals surface area contributed by atoms with Crippen molar-refractivity contribution in [1.29, 1.82) is 0 Å². The third-order valence-corrected chi connectivity index (χ3v) is 3.10. The molecule has 0 saturated carbocycles. The monoisotopic (exact) mass is 230 g/mol. The van der Waals surface area contributed by atoms with Gasteiger partial charge in [0.05, 0.1) is 5.71 Å². The summed E-state index contributed by atoms with van der Waals surface area (Å²) in [7, 11) is 0. The highest BCUT2D eigenvalue weighted by atomic mass is 16.2. The van der Waals surface area contributed by atoms with Gasteiger partial charge in [-0.05, 0) is 12.0 Å². The van der Waals surface area contributed by atoms with Gasteiger partial charge in [0, 0.05) is 12.3 Å². The van der Waals surface area contributed by atoms with Crippen molar-refractivity contribution in [1.82, 2.24) is 5.43 Å². The molecule has 3 nitrogen and oxygen atoms in total. The smallest absolute Gasteiger partial charge is 0.240 e. The Balaban J connectivity index is 2.20. The number of nitrogens with zero attached hydrogens (tertiary/aromatic N) is 1. The molecule has 1 N–H and O–H groups in total. The second-order valence-electron chi connectivity index (χ2n) is 4.44. The predicted octanol–water partition coefficient (Wildman–Crippen LogP) is 2.72. The lowest BCUT2D eigenvalue weighted by atomic mass is 9.88. The zero-order chi connectivity index (χ0) is 12.1. The van der Waals surface area contributed by atoms with Gasteiger partial charge in [0.2, 0.25) is 5.91 Å². The SMILES string of the molecule is CCCCC1CC(=O)NN=C1c1ccccc1. The first-order chi connectivity index (χ1) is 8.31. The summed E-state index contributed by atoms with van der Waals surface area (Å²) in [6.07, 6.45) is 3.90. The second-order valence-corrected chi connectivity index (χ2v) is 4.44. The van der Waals surface area contributed by atoms with Crippen LogP contribution in [0.15, 0.2) is 35.4 Å². The first-order valence-corrected chi connectivity index (χ1v) is 6.23. The number of rotatable bonds is 4. The fourth-order valence-electron chi connectivity index (χ4n) is 2.18. The van der Waals surface area contributed by atoms with E-state index in [0.29, 0.717) is 6.42 Å². The summed E-state index contributed by atoms with van der Waals surface area (Å²) in [4.78, 5) is 11.4. The van der Waals surface area contributed by atoms with E-state index in [1.807, 2.05) is 18.2 Å². The Bertz CT molecular complexity index is 411. The van der Waals surface area contributed by atoms with Crippen LogP contribution < -0.4 is 5.43 Å². The summed E-state index contributed by atoms with van der Waals surface area (Å²) in [5, 5.41) is 4.23. The number of hydrogen-bond acceptors (Lipinski definition) is 2. The van der Waals surface area contributed by atoms with E-state index in [0.717, 1.165) is 30.5 Å². The van der Waals surface area contributed by atoms with Crippen LogP contribution in [0.3, 0.4) is 0 Å². The van der Waals surface area contributed by atoms with Gasteiger partial charge in [-0.25, -0.2) is 5.43 Å². The number of hydrazone groups is 1. The molecular formula is C14H18N2O. The van der Waals surface area contributed by atoms with Gasteiger partial charge in [0.1, 0.15) is 0 Å². The fraction of sp³-hybridized carbons (Fsp3) is 0.429. The molecule has 2 rings (SSSR count). The summed E-state index contributed by atoms with van der Waals surface area (Å²) < 4.78 is 0. The minimum Gasteiger partial charge on any atom is -0.273 e. The quantitative estimate of drug-likeness (QED) is 0.849. The lowest BCUT2D eigenvalue weighted by Gasteiger charge is -2.22. The molecule has 1 unspecified atom stereocenters. The van der Waals surface area contributed by atoms with Crippen molar-refractivity contribution >= 4 is 11.6 Å². The van der Waals surface area contributed by atoms with Crippen LogP contribution >= 0.6 is 0 Å². The Morgan fingerprint density at radius 2 is 2.12 bits per heavy atom. The zero-order valence-corrected chi connectivity index (χ0v) is 10.1. The van der Waals surface area contributed by atoms with E-state index in [-0.39, 0.29) is 11.8 Å². The predicted molar refractivity (Wildman–Crippen MR) is 68.8 cm³/mol. The van der Waals surface area contributed by atoms with Crippen LogP contribution in [0.2, 0.25) is 0 Å². The molecule has 0 bridgehead atoms. The van der Waals surface area contributed by atoms with Crippen LogP contribution in [0.4, 0.5) is 0 Å². The van der Waals surface area contributed by atoms with Crippen LogP contribution in [0.1, 0.15) is 38.2 Å². The first-order valence-electron chi connectivity index (χ1n) is 6.23. The number of nitrogens with one attached hydrogen (secondary N) is 1. The van der Waals surface area contributed by atoms with Gasteiger partial charge in [-0.15, -0.1) is 0 Å². The maximum Gasteiger partial charge on any atom is 0.240 e. The van der Waals surface area contributed by atoms with Crippen LogP contribution in [0.5, 0.6) is 0 Å². The second kappa shape index (κ2) is 5.62. The van der Waals surface area contributed by atoms with Crippen molar-refractivity contribution in [3.63, 3.8) is 0 Å². The molecule has 1 atom stereocenters. The Hall–Kier alpha value is -1.64. The Morgan fingerprint density at radius 1 is 1.35 bits per heavy atom. The minimum atomic E-state index is 0.0331. The van der Waals surface area contributed by atoms with E-state index in [2.05, 4.69) is 29.6 Å². The van der Waals surface area contributed by atoms with Gasteiger partial charge in [-0.3, -0.25) is 4.79 Å². The number of carbonyl (C=O) groups is 1. The highest BCUT2D eigenvalue weighted by Crippen LogP contribution is 2.22. The average molecular weight is 230 g/mol. The van der Waals surface area contributed by atoms with Crippen LogP contribution in [-0.4, -0.2) is 11.6 Å². The standard InChI is InChI=1S/C14H18N2O/c1-2-3-7-12-10-13(17)15-16-14(12)11-8-5-4-6-9-11/h4-6,8-9,12H,2-3,7,10H2,1H3,(H,15,17). The van der Waals surface area contributed by atoms with Crippen molar-refractivity contribution in [3.8, 4) is 0 Å². The zero-order valence-electron chi connectivity index (χ0n) is 10.1. The molecule has 0 fully saturated rings. The maximum atomic E-state index is 11.4. The third kappa shape index (κ3) is 2.93. The molecule has 1 amide bonds. The minimum absolute atomic E-state index is 0.0331. The number of unbranched alkanes of at least 4 members (excludes halogenated alkanes) is 1. The van der Waals surface area contributed by atoms with Gasteiger partial charge in [0.15, 0.2) is 0 Å². The highest BCUT2D eigenvalue weighted by molar-refractivity contribution is 6.05. The summed E-state index contributed by atoms with van der Waals surface area (Å²) in [6.45, 7) is 2.17. The van der Waals surface area contributed by atoms with E-state index in [1.165, 1.54) is 0 Å². The van der Waals surface area contributed by atoms with Gasteiger partial charge in [-0.1, -0.05) is 50.1 Å². The molecule has 0 aromatic heterocycles. The molecule has 0 aliphatic carbocycles. The van der Waals surface area contributed by atoms with E-state index in [4.69, 9.17) is 0 Å². The topological polar surface area (TPSA) is 41.5 Å². The van der Waals surface area contributed by atoms with Crippen molar-refractivity contribution in [2.45, 2.75) is 32.6 Å². The van der Waals surface area contributed by atoms with Gasteiger partial charge < -0.3 is 0 Å². The average Bonchev–Trinajstić information content (AvgIpc) is 2.37. The molecule has 17 heavy (non-hydrogen) atoms. The number of amides is 1. The molecule has 0 spiro atoms. The van der Waals surface area contributed by atoms with Gasteiger partial charge >= 0.3 is 0 Å². The molecule has 1 heterocycles. The molecule has 1 aromatic rings. The Kier molecular flexibility index (Phi) is 3.91. The normalized spacial score (nSPS) is 19.7. The molecule has 1 aliphatic heterocycles. The first kappa shape index (κ1) is 11.8. The lowest BCUT2D eigenvalue weighted by molar-refractivity contribution is -0.122. The van der Waals surface area contributed by atoms with E-state index in [9.17, 15) is 4.79 Å². The number of carbonyl (C=O) groups excluding carboxylic acids is 1. The van der Waals surface area contributed by atoms with E-state index >= 15 is 0 Å². The van der Waals surface area contributed by atoms with Crippen LogP contribution in [0, 0.1) is 5.92 Å². The molecule has 1 aliphatic rings. The van der Waals surface area contributed by atoms with Crippen molar-refractivity contribution < 1.29 is 4.79 Å². The number of hydrogen-bond donors (Lipinski definition) is 1. The van der Waals surface area contributed by atoms with Crippen molar-refractivity contribution in [2.24, 2.45) is 11.0 Å². The van der Waals surface area contributed by atoms with Gasteiger partial charge in [-0.2, -0.15) is 5.10 Å². The Labute approximate surface area is 102 Å². The molecule has 1 aromatic carbocycles. The van der Waals surface area contributed by atoms with Gasteiger partial charge in [0.25, 0.3) is 0 Å². The maximum absolute atomic E-state index is 11.4. The summed E-state index contributed by atoms with van der Waals surface area (Å²) >= 11 is 0. The van der Waals surface area contributed by atoms with Crippen molar-refractivity contribution in [3.05, 3.63) is 35.9 Å². The van der Waals surface area contributed by atoms with E-state index < -0.39 is 0 Å². The van der Waals surface area contributed by atoms with Crippen LogP contribution in [0.25, 0.3) is 0 Å². The molecule has 3 heteroatoms. The molecule has 0 radical (unpaired) electrons. The largest absolute Gasteiger partial charge is 0.273 e. The van der Waals surface area contributed by atoms with E-state index in [1.54, 1.807) is 0 Å². The molecule has 0 saturated heterocycles. The Morgan fingerprint density at radius 3 is 2.82 bits per heavy atom. The fourth-order valence-corrected chi connectivity index (χ4v) is 2.18. The molecular weight excluding hydrogens is 212 g/mol. The summed E-state index contributed by atoms with van der Waals surface area (Å²) in [5.41, 5.74) is 4.73. The number of benzene rings is 1. The summed E-state index contributed by atoms with van der Waals surface area (Å²) in [5.74, 6) is 0.303. The highest BCUT2D eigenvalue weighted by Gasteiger charge is 2.24. The third-order valence-electron chi connectivity index (χ3n) is 3.10. The molecule has 90 valence electrons. The summed E-state index contributed by atoms with van der Waals surface area (Å²) in [6, 6.07) is 10.1. The lowest BCUT2D eigenvalue weighted by Crippen LogP contribution is -2.33. The van der Waals surface area contributed by atoms with Crippen molar-refractivity contribution in [2.75, 3.05) is 0 Å².